The summed E-state index contributed by atoms with van der Waals surface area (Å²) >= 11 is 1.39. The van der Waals surface area contributed by atoms with Gasteiger partial charge in [0.2, 0.25) is 0 Å². The molecule has 166 valence electrons. The van der Waals surface area contributed by atoms with Crippen LogP contribution < -0.4 is 21.7 Å². The third kappa shape index (κ3) is 4.53. The SMILES string of the molecule is CCc1cccc(-c2nc(C(O)Nc3cnn(C)c3N3CCC(CN)CC3)c(N)s2)c1. The minimum Gasteiger partial charge on any atom is -0.389 e. The van der Waals surface area contributed by atoms with Crippen molar-refractivity contribution in [3.05, 3.63) is 41.7 Å². The van der Waals surface area contributed by atoms with Gasteiger partial charge in [0.05, 0.1) is 11.9 Å². The van der Waals surface area contributed by atoms with Crippen LogP contribution in [0.1, 0.15) is 37.3 Å². The van der Waals surface area contributed by atoms with Gasteiger partial charge in [0.25, 0.3) is 0 Å². The first-order valence-corrected chi connectivity index (χ1v) is 11.6. The monoisotopic (exact) mass is 441 g/mol. The number of aromatic nitrogens is 3. The number of hydrogen-bond acceptors (Lipinski definition) is 8. The molecule has 9 heteroatoms. The van der Waals surface area contributed by atoms with Crippen LogP contribution in [0.15, 0.2) is 30.5 Å². The van der Waals surface area contributed by atoms with E-state index in [1.807, 2.05) is 23.9 Å². The Balaban J connectivity index is 1.53. The fourth-order valence-electron chi connectivity index (χ4n) is 4.09. The van der Waals surface area contributed by atoms with Gasteiger partial charge in [-0.1, -0.05) is 36.5 Å². The minimum absolute atomic E-state index is 0.443. The summed E-state index contributed by atoms with van der Waals surface area (Å²) in [4.78, 5) is 6.94. The van der Waals surface area contributed by atoms with Crippen LogP contribution in [-0.4, -0.2) is 39.5 Å². The Morgan fingerprint density at radius 2 is 2.10 bits per heavy atom. The molecule has 1 fully saturated rings. The summed E-state index contributed by atoms with van der Waals surface area (Å²) in [6, 6.07) is 8.26. The molecule has 0 spiro atoms. The largest absolute Gasteiger partial charge is 0.389 e. The molecule has 0 radical (unpaired) electrons. The Hall–Kier alpha value is -2.62. The van der Waals surface area contributed by atoms with Crippen molar-refractivity contribution in [1.82, 2.24) is 14.8 Å². The summed E-state index contributed by atoms with van der Waals surface area (Å²) in [7, 11) is 1.91. The van der Waals surface area contributed by atoms with E-state index in [0.29, 0.717) is 16.6 Å². The Bertz CT molecular complexity index is 1020. The van der Waals surface area contributed by atoms with Crippen LogP contribution in [0.5, 0.6) is 0 Å². The van der Waals surface area contributed by atoms with Crippen LogP contribution >= 0.6 is 11.3 Å². The highest BCUT2D eigenvalue weighted by Crippen LogP contribution is 2.36. The van der Waals surface area contributed by atoms with Crippen molar-refractivity contribution in [2.75, 3.05) is 35.6 Å². The molecule has 8 nitrogen and oxygen atoms in total. The Morgan fingerprint density at radius 1 is 1.32 bits per heavy atom. The summed E-state index contributed by atoms with van der Waals surface area (Å²) in [5.41, 5.74) is 15.5. The van der Waals surface area contributed by atoms with Gasteiger partial charge < -0.3 is 26.8 Å². The molecule has 0 saturated carbocycles. The maximum absolute atomic E-state index is 10.9. The van der Waals surface area contributed by atoms with Crippen molar-refractivity contribution in [3.8, 4) is 10.6 Å². The topological polar surface area (TPSA) is 118 Å². The molecule has 1 aromatic carbocycles. The summed E-state index contributed by atoms with van der Waals surface area (Å²) in [6.45, 7) is 4.69. The lowest BCUT2D eigenvalue weighted by atomic mass is 9.97. The average Bonchev–Trinajstić information content (AvgIpc) is 3.36. The number of rotatable bonds is 7. The van der Waals surface area contributed by atoms with E-state index >= 15 is 0 Å². The minimum atomic E-state index is -1.02. The van der Waals surface area contributed by atoms with Gasteiger partial charge in [0, 0.05) is 25.7 Å². The number of aliphatic hydroxyl groups excluding tert-OH is 1. The van der Waals surface area contributed by atoms with Gasteiger partial charge in [0.15, 0.2) is 6.23 Å². The van der Waals surface area contributed by atoms with Crippen LogP contribution in [0, 0.1) is 5.92 Å². The van der Waals surface area contributed by atoms with Crippen molar-refractivity contribution < 1.29 is 5.11 Å². The molecule has 1 aliphatic rings. The number of anilines is 3. The third-order valence-corrected chi connectivity index (χ3v) is 6.92. The molecule has 1 unspecified atom stereocenters. The molecule has 6 N–H and O–H groups in total. The fraction of sp³-hybridized carbons (Fsp3) is 0.455. The second kappa shape index (κ2) is 9.25. The van der Waals surface area contributed by atoms with Gasteiger partial charge in [-0.25, -0.2) is 4.98 Å². The zero-order valence-corrected chi connectivity index (χ0v) is 18.9. The molecular formula is C22H31N7OS. The number of nitrogens with two attached hydrogens (primary N) is 2. The van der Waals surface area contributed by atoms with Crippen molar-refractivity contribution >= 4 is 27.8 Å². The predicted octanol–water partition coefficient (Wildman–Crippen LogP) is 2.97. The summed E-state index contributed by atoms with van der Waals surface area (Å²) in [6.07, 6.45) is 3.79. The molecule has 1 aliphatic heterocycles. The molecule has 0 amide bonds. The zero-order valence-electron chi connectivity index (χ0n) is 18.1. The molecule has 0 bridgehead atoms. The lowest BCUT2D eigenvalue weighted by molar-refractivity contribution is 0.205. The van der Waals surface area contributed by atoms with E-state index in [1.54, 1.807) is 6.20 Å². The predicted molar refractivity (Wildman–Crippen MR) is 127 cm³/mol. The van der Waals surface area contributed by atoms with E-state index in [4.69, 9.17) is 11.5 Å². The third-order valence-electron chi connectivity index (χ3n) is 5.97. The van der Waals surface area contributed by atoms with Crippen LogP contribution in [0.25, 0.3) is 10.6 Å². The Kier molecular flexibility index (Phi) is 6.45. The van der Waals surface area contributed by atoms with E-state index in [0.717, 1.165) is 61.0 Å². The van der Waals surface area contributed by atoms with E-state index in [1.165, 1.54) is 16.9 Å². The average molecular weight is 442 g/mol. The summed E-state index contributed by atoms with van der Waals surface area (Å²) < 4.78 is 1.84. The standard InChI is InChI=1S/C22H31N7OS/c1-3-14-5-4-6-16(11-14)21-27-18(19(24)31-21)20(30)26-17-13-25-28(2)22(17)29-9-7-15(12-23)8-10-29/h4-6,11,13,15,20,26,30H,3,7-10,12,23-24H2,1-2H3. The van der Waals surface area contributed by atoms with E-state index < -0.39 is 6.23 Å². The number of hydrogen-bond donors (Lipinski definition) is 4. The molecule has 3 heterocycles. The lowest BCUT2D eigenvalue weighted by Crippen LogP contribution is -2.37. The zero-order chi connectivity index (χ0) is 22.0. The number of benzene rings is 1. The van der Waals surface area contributed by atoms with E-state index in [9.17, 15) is 5.11 Å². The number of thiazole rings is 1. The number of aliphatic hydroxyl groups is 1. The van der Waals surface area contributed by atoms with E-state index in [-0.39, 0.29) is 0 Å². The van der Waals surface area contributed by atoms with Gasteiger partial charge in [-0.05, 0) is 43.4 Å². The van der Waals surface area contributed by atoms with Crippen molar-refractivity contribution in [1.29, 1.82) is 0 Å². The molecular weight excluding hydrogens is 410 g/mol. The molecule has 31 heavy (non-hydrogen) atoms. The van der Waals surface area contributed by atoms with Crippen LogP contribution in [-0.2, 0) is 13.5 Å². The first-order valence-electron chi connectivity index (χ1n) is 10.8. The maximum atomic E-state index is 10.9. The van der Waals surface area contributed by atoms with Gasteiger partial charge in [-0.15, -0.1) is 0 Å². The second-order valence-electron chi connectivity index (χ2n) is 8.04. The number of piperidine rings is 1. The second-order valence-corrected chi connectivity index (χ2v) is 9.07. The summed E-state index contributed by atoms with van der Waals surface area (Å²) in [5, 5.41) is 19.8. The van der Waals surface area contributed by atoms with Crippen LogP contribution in [0.3, 0.4) is 0 Å². The first kappa shape index (κ1) is 21.6. The van der Waals surface area contributed by atoms with Crippen LogP contribution in [0.4, 0.5) is 16.5 Å². The Labute approximate surface area is 186 Å². The highest BCUT2D eigenvalue weighted by atomic mass is 32.1. The number of nitrogens with one attached hydrogen (secondary N) is 1. The summed E-state index contributed by atoms with van der Waals surface area (Å²) in [5.74, 6) is 1.53. The fourth-order valence-corrected chi connectivity index (χ4v) is 4.95. The highest BCUT2D eigenvalue weighted by Gasteiger charge is 2.25. The lowest BCUT2D eigenvalue weighted by Gasteiger charge is -2.33. The molecule has 1 saturated heterocycles. The van der Waals surface area contributed by atoms with Crippen molar-refractivity contribution in [3.63, 3.8) is 0 Å². The van der Waals surface area contributed by atoms with Gasteiger partial charge in [-0.3, -0.25) is 4.68 Å². The highest BCUT2D eigenvalue weighted by molar-refractivity contribution is 7.18. The number of nitrogen functional groups attached to an aromatic ring is 1. The van der Waals surface area contributed by atoms with Gasteiger partial charge in [0.1, 0.15) is 21.5 Å². The first-order chi connectivity index (χ1) is 15.0. The molecule has 4 rings (SSSR count). The number of aryl methyl sites for hydroxylation is 2. The van der Waals surface area contributed by atoms with E-state index in [2.05, 4.69) is 39.4 Å². The maximum Gasteiger partial charge on any atom is 0.171 e. The molecule has 3 aromatic rings. The van der Waals surface area contributed by atoms with Crippen LogP contribution in [0.2, 0.25) is 0 Å². The molecule has 2 aromatic heterocycles. The number of nitrogens with zero attached hydrogens (tertiary/aromatic N) is 4. The Morgan fingerprint density at radius 3 is 2.81 bits per heavy atom. The van der Waals surface area contributed by atoms with Crippen molar-refractivity contribution in [2.24, 2.45) is 18.7 Å². The smallest absolute Gasteiger partial charge is 0.171 e. The molecule has 1 atom stereocenters. The normalized spacial score (nSPS) is 15.9. The van der Waals surface area contributed by atoms with Gasteiger partial charge in [-0.2, -0.15) is 5.10 Å². The van der Waals surface area contributed by atoms with Gasteiger partial charge >= 0.3 is 0 Å². The molecule has 0 aliphatic carbocycles. The quantitative estimate of drug-likeness (QED) is 0.416. The van der Waals surface area contributed by atoms with Crippen molar-refractivity contribution in [2.45, 2.75) is 32.4 Å².